The van der Waals surface area contributed by atoms with Crippen molar-refractivity contribution < 1.29 is 19.4 Å². The molecule has 1 saturated heterocycles. The van der Waals surface area contributed by atoms with Gasteiger partial charge in [-0.2, -0.15) is 0 Å². The highest BCUT2D eigenvalue weighted by Crippen LogP contribution is 2.30. The zero-order valence-corrected chi connectivity index (χ0v) is 12.3. The molecule has 0 aromatic heterocycles. The molecule has 0 saturated carbocycles. The second-order valence-corrected chi connectivity index (χ2v) is 4.83. The van der Waals surface area contributed by atoms with Crippen LogP contribution in [0.25, 0.3) is 0 Å². The Bertz CT molecular complexity index is 473. The van der Waals surface area contributed by atoms with E-state index in [1.807, 2.05) is 25.1 Å². The monoisotopic (exact) mass is 294 g/mol. The molecule has 116 valence electrons. The Morgan fingerprint density at radius 1 is 1.43 bits per heavy atom. The van der Waals surface area contributed by atoms with Crippen LogP contribution in [0.5, 0.6) is 5.75 Å². The summed E-state index contributed by atoms with van der Waals surface area (Å²) in [6, 6.07) is 6.01. The highest BCUT2D eigenvalue weighted by Gasteiger charge is 2.16. The summed E-state index contributed by atoms with van der Waals surface area (Å²) in [4.78, 5) is 12.8. The number of carboxylic acid groups (broad SMARTS) is 1. The predicted molar refractivity (Wildman–Crippen MR) is 80.0 cm³/mol. The van der Waals surface area contributed by atoms with E-state index < -0.39 is 5.97 Å². The van der Waals surface area contributed by atoms with Crippen molar-refractivity contribution in [3.63, 3.8) is 0 Å². The number of carboxylic acids is 1. The number of rotatable bonds is 7. The molecule has 1 aromatic carbocycles. The van der Waals surface area contributed by atoms with Gasteiger partial charge in [-0.25, -0.2) is 0 Å². The van der Waals surface area contributed by atoms with Crippen LogP contribution in [-0.2, 0) is 16.1 Å². The van der Waals surface area contributed by atoms with Gasteiger partial charge >= 0.3 is 5.97 Å². The fraction of sp³-hybridized carbons (Fsp3) is 0.533. The van der Waals surface area contributed by atoms with Crippen LogP contribution in [0.2, 0.25) is 0 Å². The minimum atomic E-state index is -0.857. The van der Waals surface area contributed by atoms with E-state index in [1.54, 1.807) is 0 Å². The highest BCUT2D eigenvalue weighted by molar-refractivity contribution is 5.69. The minimum absolute atomic E-state index is 0.0464. The molecule has 2 N–H and O–H groups in total. The standard InChI is InChI=1S/C15H22N2O4/c1-2-21-14-9-12(10-16-11-15(18)19)3-4-13(14)17-5-7-20-8-6-17/h3-4,9,16H,2,5-8,10-11H2,1H3,(H,18,19). The van der Waals surface area contributed by atoms with Crippen LogP contribution in [0.1, 0.15) is 12.5 Å². The summed E-state index contributed by atoms with van der Waals surface area (Å²) >= 11 is 0. The number of carbonyl (C=O) groups is 1. The molecule has 2 rings (SSSR count). The maximum Gasteiger partial charge on any atom is 0.317 e. The van der Waals surface area contributed by atoms with Gasteiger partial charge in [-0.3, -0.25) is 4.79 Å². The smallest absolute Gasteiger partial charge is 0.317 e. The van der Waals surface area contributed by atoms with Crippen molar-refractivity contribution in [3.8, 4) is 5.75 Å². The van der Waals surface area contributed by atoms with E-state index in [4.69, 9.17) is 14.6 Å². The second-order valence-electron chi connectivity index (χ2n) is 4.83. The number of benzene rings is 1. The second kappa shape index (κ2) is 7.85. The number of morpholine rings is 1. The average Bonchev–Trinajstić information content (AvgIpc) is 2.48. The third kappa shape index (κ3) is 4.61. The van der Waals surface area contributed by atoms with E-state index in [2.05, 4.69) is 10.2 Å². The topological polar surface area (TPSA) is 71.0 Å². The van der Waals surface area contributed by atoms with Crippen molar-refractivity contribution in [3.05, 3.63) is 23.8 Å². The molecule has 6 heteroatoms. The van der Waals surface area contributed by atoms with Crippen molar-refractivity contribution in [2.24, 2.45) is 0 Å². The Balaban J connectivity index is 2.08. The third-order valence-electron chi connectivity index (χ3n) is 3.28. The van der Waals surface area contributed by atoms with Crippen LogP contribution in [0.4, 0.5) is 5.69 Å². The summed E-state index contributed by atoms with van der Waals surface area (Å²) in [5, 5.41) is 11.5. The van der Waals surface area contributed by atoms with Gasteiger partial charge in [0.15, 0.2) is 0 Å². The first-order valence-corrected chi connectivity index (χ1v) is 7.21. The Labute approximate surface area is 124 Å². The van der Waals surface area contributed by atoms with E-state index in [9.17, 15) is 4.79 Å². The molecule has 0 unspecified atom stereocenters. The summed E-state index contributed by atoms with van der Waals surface area (Å²) in [6.45, 7) is 6.20. The van der Waals surface area contributed by atoms with Gasteiger partial charge in [-0.15, -0.1) is 0 Å². The molecule has 1 aromatic rings. The fourth-order valence-corrected chi connectivity index (χ4v) is 2.32. The first kappa shape index (κ1) is 15.6. The van der Waals surface area contributed by atoms with Gasteiger partial charge in [0, 0.05) is 19.6 Å². The third-order valence-corrected chi connectivity index (χ3v) is 3.28. The van der Waals surface area contributed by atoms with E-state index in [0.29, 0.717) is 13.2 Å². The molecule has 6 nitrogen and oxygen atoms in total. The van der Waals surface area contributed by atoms with Gasteiger partial charge < -0.3 is 24.8 Å². The summed E-state index contributed by atoms with van der Waals surface area (Å²) in [7, 11) is 0. The molecule has 1 aliphatic heterocycles. The summed E-state index contributed by atoms with van der Waals surface area (Å²) in [6.07, 6.45) is 0. The number of ether oxygens (including phenoxy) is 2. The number of aliphatic carboxylic acids is 1. The first-order chi connectivity index (χ1) is 10.2. The van der Waals surface area contributed by atoms with Crippen LogP contribution in [0, 0.1) is 0 Å². The average molecular weight is 294 g/mol. The van der Waals surface area contributed by atoms with Gasteiger partial charge in [-0.1, -0.05) is 6.07 Å². The molecule has 0 spiro atoms. The highest BCUT2D eigenvalue weighted by atomic mass is 16.5. The largest absolute Gasteiger partial charge is 0.492 e. The molecular formula is C15H22N2O4. The van der Waals surface area contributed by atoms with Crippen molar-refractivity contribution in [1.29, 1.82) is 0 Å². The Morgan fingerprint density at radius 2 is 2.19 bits per heavy atom. The molecule has 0 atom stereocenters. The number of hydrogen-bond donors (Lipinski definition) is 2. The lowest BCUT2D eigenvalue weighted by atomic mass is 10.1. The lowest BCUT2D eigenvalue weighted by Gasteiger charge is -2.30. The Kier molecular flexibility index (Phi) is 5.83. The van der Waals surface area contributed by atoms with Gasteiger partial charge in [-0.05, 0) is 24.6 Å². The summed E-state index contributed by atoms with van der Waals surface area (Å²) in [5.41, 5.74) is 2.08. The molecule has 0 radical (unpaired) electrons. The number of anilines is 1. The van der Waals surface area contributed by atoms with Gasteiger partial charge in [0.2, 0.25) is 0 Å². The maximum atomic E-state index is 10.5. The summed E-state index contributed by atoms with van der Waals surface area (Å²) in [5.74, 6) is -0.0148. The number of nitrogens with zero attached hydrogens (tertiary/aromatic N) is 1. The van der Waals surface area contributed by atoms with Gasteiger partial charge in [0.1, 0.15) is 5.75 Å². The number of hydrogen-bond acceptors (Lipinski definition) is 5. The van der Waals surface area contributed by atoms with Gasteiger partial charge in [0.25, 0.3) is 0 Å². The SMILES string of the molecule is CCOc1cc(CNCC(=O)O)ccc1N1CCOCC1. The van der Waals surface area contributed by atoms with Crippen LogP contribution < -0.4 is 15.0 Å². The lowest BCUT2D eigenvalue weighted by molar-refractivity contribution is -0.135. The Hall–Kier alpha value is -1.79. The normalized spacial score (nSPS) is 15.0. The van der Waals surface area contributed by atoms with Crippen molar-refractivity contribution in [2.75, 3.05) is 44.4 Å². The maximum absolute atomic E-state index is 10.5. The van der Waals surface area contributed by atoms with Crippen LogP contribution in [-0.4, -0.2) is 50.5 Å². The lowest BCUT2D eigenvalue weighted by Crippen LogP contribution is -2.36. The van der Waals surface area contributed by atoms with Crippen molar-refractivity contribution in [1.82, 2.24) is 5.32 Å². The number of nitrogens with one attached hydrogen (secondary N) is 1. The fourth-order valence-electron chi connectivity index (χ4n) is 2.32. The van der Waals surface area contributed by atoms with Crippen LogP contribution >= 0.6 is 0 Å². The van der Waals surface area contributed by atoms with E-state index in [-0.39, 0.29) is 6.54 Å². The zero-order chi connectivity index (χ0) is 15.1. The molecule has 0 aliphatic carbocycles. The van der Waals surface area contributed by atoms with Crippen molar-refractivity contribution >= 4 is 11.7 Å². The van der Waals surface area contributed by atoms with Crippen molar-refractivity contribution in [2.45, 2.75) is 13.5 Å². The quantitative estimate of drug-likeness (QED) is 0.784. The van der Waals surface area contributed by atoms with E-state index in [0.717, 1.165) is 43.3 Å². The molecular weight excluding hydrogens is 272 g/mol. The van der Waals surface area contributed by atoms with Gasteiger partial charge in [0.05, 0.1) is 32.1 Å². The zero-order valence-electron chi connectivity index (χ0n) is 12.3. The molecule has 1 aliphatic rings. The van der Waals surface area contributed by atoms with Crippen LogP contribution in [0.15, 0.2) is 18.2 Å². The Morgan fingerprint density at radius 3 is 2.86 bits per heavy atom. The van der Waals surface area contributed by atoms with Crippen LogP contribution in [0.3, 0.4) is 0 Å². The molecule has 1 fully saturated rings. The predicted octanol–water partition coefficient (Wildman–Crippen LogP) is 1.10. The molecule has 21 heavy (non-hydrogen) atoms. The molecule has 1 heterocycles. The first-order valence-electron chi connectivity index (χ1n) is 7.21. The van der Waals surface area contributed by atoms with E-state index in [1.165, 1.54) is 0 Å². The van der Waals surface area contributed by atoms with E-state index >= 15 is 0 Å². The minimum Gasteiger partial charge on any atom is -0.492 e. The summed E-state index contributed by atoms with van der Waals surface area (Å²) < 4.78 is 11.1. The molecule has 0 bridgehead atoms. The molecule has 0 amide bonds.